The number of Topliss-reactive ketones (excluding diaryl/α,β-unsaturated/α-hetero) is 1. The smallest absolute Gasteiger partial charge is 0.290 e. The molecule has 1 aromatic carbocycles. The summed E-state index contributed by atoms with van der Waals surface area (Å²) in [6.45, 7) is 5.13. The highest BCUT2D eigenvalue weighted by Gasteiger charge is 2.44. The van der Waals surface area contributed by atoms with Crippen LogP contribution < -0.4 is 4.74 Å². The number of hydrogen-bond donors (Lipinski definition) is 1. The van der Waals surface area contributed by atoms with Crippen molar-refractivity contribution in [2.75, 3.05) is 33.8 Å². The summed E-state index contributed by atoms with van der Waals surface area (Å²) < 4.78 is 10.8. The van der Waals surface area contributed by atoms with Crippen molar-refractivity contribution in [3.63, 3.8) is 0 Å². The maximum atomic E-state index is 13.1. The zero-order valence-corrected chi connectivity index (χ0v) is 17.2. The molecule has 7 heteroatoms. The average Bonchev–Trinajstić information content (AvgIpc) is 3.35. The zero-order valence-electron chi connectivity index (χ0n) is 17.2. The molecule has 1 N–H and O–H groups in total. The summed E-state index contributed by atoms with van der Waals surface area (Å²) in [4.78, 5) is 29.5. The van der Waals surface area contributed by atoms with Gasteiger partial charge in [-0.2, -0.15) is 0 Å². The summed E-state index contributed by atoms with van der Waals surface area (Å²) in [5.41, 5.74) is 0.689. The topological polar surface area (TPSA) is 83.2 Å². The van der Waals surface area contributed by atoms with Crippen LogP contribution in [0, 0.1) is 0 Å². The fraction of sp³-hybridized carbons (Fsp3) is 0.304. The second kappa shape index (κ2) is 9.45. The molecule has 1 aliphatic rings. The lowest BCUT2D eigenvalue weighted by molar-refractivity contribution is -0.129. The molecule has 7 nitrogen and oxygen atoms in total. The molecule has 158 valence electrons. The number of amides is 1. The highest BCUT2D eigenvalue weighted by atomic mass is 16.5. The first-order chi connectivity index (χ1) is 14.4. The lowest BCUT2D eigenvalue weighted by Crippen LogP contribution is -2.33. The largest absolute Gasteiger partial charge is 0.503 e. The normalized spacial score (nSPS) is 16.4. The molecule has 2 heterocycles. The summed E-state index contributed by atoms with van der Waals surface area (Å²) in [6, 6.07) is 9.54. The minimum absolute atomic E-state index is 0.0145. The van der Waals surface area contributed by atoms with E-state index in [0.29, 0.717) is 30.9 Å². The maximum Gasteiger partial charge on any atom is 0.290 e. The Balaban J connectivity index is 2.00. The van der Waals surface area contributed by atoms with Gasteiger partial charge in [-0.3, -0.25) is 9.59 Å². The number of nitrogens with zero attached hydrogens (tertiary/aromatic N) is 2. The molecule has 1 aromatic heterocycles. The van der Waals surface area contributed by atoms with Crippen LogP contribution in [0.15, 0.2) is 71.1 Å². The first kappa shape index (κ1) is 21.4. The molecule has 1 aliphatic heterocycles. The predicted molar refractivity (Wildman–Crippen MR) is 112 cm³/mol. The SMILES string of the molecule is C=CCOc1cccc([C@H]2C(C(=O)c3ccco3)=C(O)C(=O)N2CCCN(C)C)c1. The molecule has 1 atom stereocenters. The van der Waals surface area contributed by atoms with Gasteiger partial charge in [-0.15, -0.1) is 0 Å². The first-order valence-corrected chi connectivity index (χ1v) is 9.74. The fourth-order valence-electron chi connectivity index (χ4n) is 3.49. The van der Waals surface area contributed by atoms with E-state index in [9.17, 15) is 14.7 Å². The standard InChI is InChI=1S/C23H26N2O5/c1-4-13-29-17-9-5-8-16(15-17)20-19(21(26)18-10-6-14-30-18)22(27)23(28)25(20)12-7-11-24(2)3/h4-6,8-10,14-15,20,27H,1,7,11-13H2,2-3H3/t20-/m0/s1. The van der Waals surface area contributed by atoms with Crippen LogP contribution in [0.1, 0.15) is 28.6 Å². The van der Waals surface area contributed by atoms with Crippen LogP contribution in [0.3, 0.4) is 0 Å². The average molecular weight is 410 g/mol. The highest BCUT2D eigenvalue weighted by molar-refractivity contribution is 6.15. The van der Waals surface area contributed by atoms with E-state index in [1.807, 2.05) is 25.1 Å². The van der Waals surface area contributed by atoms with Crippen molar-refractivity contribution in [3.8, 4) is 5.75 Å². The number of carbonyl (C=O) groups is 2. The lowest BCUT2D eigenvalue weighted by atomic mass is 9.95. The van der Waals surface area contributed by atoms with Crippen LogP contribution in [0.2, 0.25) is 0 Å². The van der Waals surface area contributed by atoms with E-state index in [4.69, 9.17) is 9.15 Å². The van der Waals surface area contributed by atoms with E-state index in [-0.39, 0.29) is 11.3 Å². The van der Waals surface area contributed by atoms with Crippen LogP contribution in [0.25, 0.3) is 0 Å². The van der Waals surface area contributed by atoms with Crippen molar-refractivity contribution in [1.29, 1.82) is 0 Å². The minimum atomic E-state index is -0.732. The van der Waals surface area contributed by atoms with Crippen LogP contribution >= 0.6 is 0 Å². The second-order valence-corrected chi connectivity index (χ2v) is 7.30. The fourth-order valence-corrected chi connectivity index (χ4v) is 3.49. The van der Waals surface area contributed by atoms with Crippen molar-refractivity contribution in [2.24, 2.45) is 0 Å². The molecule has 0 fully saturated rings. The van der Waals surface area contributed by atoms with Crippen molar-refractivity contribution in [3.05, 3.63) is 78.0 Å². The Kier molecular flexibility index (Phi) is 6.74. The Bertz CT molecular complexity index is 946. The lowest BCUT2D eigenvalue weighted by Gasteiger charge is -2.27. The van der Waals surface area contributed by atoms with E-state index in [0.717, 1.165) is 6.54 Å². The van der Waals surface area contributed by atoms with Crippen LogP contribution in [-0.2, 0) is 4.79 Å². The minimum Gasteiger partial charge on any atom is -0.503 e. The number of hydrogen-bond acceptors (Lipinski definition) is 6. The summed E-state index contributed by atoms with van der Waals surface area (Å²) >= 11 is 0. The second-order valence-electron chi connectivity index (χ2n) is 7.30. The van der Waals surface area contributed by atoms with E-state index < -0.39 is 23.5 Å². The van der Waals surface area contributed by atoms with E-state index in [2.05, 4.69) is 6.58 Å². The number of aliphatic hydroxyl groups is 1. The Morgan fingerprint density at radius 1 is 1.33 bits per heavy atom. The maximum absolute atomic E-state index is 13.1. The monoisotopic (exact) mass is 410 g/mol. The quantitative estimate of drug-likeness (QED) is 0.478. The molecule has 2 aromatic rings. The summed E-state index contributed by atoms with van der Waals surface area (Å²) in [6.07, 6.45) is 3.71. The first-order valence-electron chi connectivity index (χ1n) is 9.74. The number of ketones is 1. The summed E-state index contributed by atoms with van der Waals surface area (Å²) in [5, 5.41) is 10.6. The Hall–Kier alpha value is -3.32. The number of furan rings is 1. The zero-order chi connectivity index (χ0) is 21.7. The van der Waals surface area contributed by atoms with Gasteiger partial charge in [-0.1, -0.05) is 24.8 Å². The number of aliphatic hydroxyl groups excluding tert-OH is 1. The molecule has 0 spiro atoms. The third-order valence-corrected chi connectivity index (χ3v) is 4.84. The molecule has 0 aliphatic carbocycles. The van der Waals surface area contributed by atoms with Crippen molar-refractivity contribution >= 4 is 11.7 Å². The molecule has 0 bridgehead atoms. The predicted octanol–water partition coefficient (Wildman–Crippen LogP) is 3.37. The van der Waals surface area contributed by atoms with Gasteiger partial charge >= 0.3 is 0 Å². The molecule has 0 unspecified atom stereocenters. The van der Waals surface area contributed by atoms with Crippen LogP contribution in [-0.4, -0.2) is 60.4 Å². The summed E-state index contributed by atoms with van der Waals surface area (Å²) in [7, 11) is 3.90. The van der Waals surface area contributed by atoms with Gasteiger partial charge in [0.2, 0.25) is 5.78 Å². The van der Waals surface area contributed by atoms with Gasteiger partial charge in [0.15, 0.2) is 11.5 Å². The van der Waals surface area contributed by atoms with Gasteiger partial charge in [0.05, 0.1) is 17.9 Å². The van der Waals surface area contributed by atoms with Crippen molar-refractivity contribution in [2.45, 2.75) is 12.5 Å². The Morgan fingerprint density at radius 2 is 2.13 bits per heavy atom. The molecular formula is C23H26N2O5. The van der Waals surface area contributed by atoms with Crippen LogP contribution in [0.4, 0.5) is 0 Å². The molecule has 0 saturated carbocycles. The highest BCUT2D eigenvalue weighted by Crippen LogP contribution is 2.40. The Morgan fingerprint density at radius 3 is 2.80 bits per heavy atom. The molecular weight excluding hydrogens is 384 g/mol. The molecule has 0 saturated heterocycles. The van der Waals surface area contributed by atoms with E-state index in [1.165, 1.54) is 17.2 Å². The van der Waals surface area contributed by atoms with Crippen LogP contribution in [0.5, 0.6) is 5.75 Å². The van der Waals surface area contributed by atoms with Gasteiger partial charge in [0.1, 0.15) is 12.4 Å². The Labute approximate surface area is 175 Å². The number of benzene rings is 1. The molecule has 0 radical (unpaired) electrons. The van der Waals surface area contributed by atoms with Gasteiger partial charge < -0.3 is 24.1 Å². The van der Waals surface area contributed by atoms with Gasteiger partial charge in [0.25, 0.3) is 5.91 Å². The molecule has 1 amide bonds. The van der Waals surface area contributed by atoms with Gasteiger partial charge in [-0.25, -0.2) is 0 Å². The summed E-state index contributed by atoms with van der Waals surface area (Å²) in [5.74, 6) is -0.953. The molecule has 3 rings (SSSR count). The number of carbonyl (C=O) groups excluding carboxylic acids is 2. The van der Waals surface area contributed by atoms with Gasteiger partial charge in [-0.05, 0) is 56.9 Å². The third kappa shape index (κ3) is 4.46. The molecule has 30 heavy (non-hydrogen) atoms. The number of rotatable bonds is 10. The van der Waals surface area contributed by atoms with Gasteiger partial charge in [0, 0.05) is 6.54 Å². The van der Waals surface area contributed by atoms with Crippen molar-refractivity contribution < 1.29 is 23.8 Å². The number of ether oxygens (including phenoxy) is 1. The third-order valence-electron chi connectivity index (χ3n) is 4.84. The van der Waals surface area contributed by atoms with Crippen molar-refractivity contribution in [1.82, 2.24) is 9.80 Å². The van der Waals surface area contributed by atoms with E-state index >= 15 is 0 Å². The van der Waals surface area contributed by atoms with E-state index in [1.54, 1.807) is 30.3 Å².